The maximum Gasteiger partial charge on any atom is 0.308 e. The summed E-state index contributed by atoms with van der Waals surface area (Å²) in [5.74, 6) is 0.761. The molecule has 0 aliphatic carbocycles. The van der Waals surface area contributed by atoms with Crippen molar-refractivity contribution in [2.45, 2.75) is 12.8 Å². The first-order valence-electron chi connectivity index (χ1n) is 9.24. The molecule has 0 saturated carbocycles. The average Bonchev–Trinajstić information content (AvgIpc) is 2.77. The van der Waals surface area contributed by atoms with E-state index in [1.54, 1.807) is 12.1 Å². The van der Waals surface area contributed by atoms with E-state index in [9.17, 15) is 9.59 Å². The predicted molar refractivity (Wildman–Crippen MR) is 107 cm³/mol. The van der Waals surface area contributed by atoms with Crippen molar-refractivity contribution in [3.8, 4) is 5.75 Å². The number of ether oxygens (including phenoxy) is 2. The average molecular weight is 400 g/mol. The van der Waals surface area contributed by atoms with E-state index in [0.717, 1.165) is 0 Å². The van der Waals surface area contributed by atoms with Crippen molar-refractivity contribution in [1.29, 1.82) is 0 Å². The van der Waals surface area contributed by atoms with Crippen molar-refractivity contribution < 1.29 is 19.1 Å². The number of esters is 1. The lowest BCUT2D eigenvalue weighted by Gasteiger charge is -2.32. The first-order valence-corrected chi connectivity index (χ1v) is 9.24. The summed E-state index contributed by atoms with van der Waals surface area (Å²) in [7, 11) is 1.40. The Hall–Kier alpha value is -3.56. The summed E-state index contributed by atoms with van der Waals surface area (Å²) in [6.45, 7) is 1.09. The number of nitrogen functional groups attached to an aromatic ring is 1. The van der Waals surface area contributed by atoms with Crippen LogP contribution in [0, 0.1) is 5.92 Å². The number of hydrazine groups is 1. The number of hydrogen-bond acceptors (Lipinski definition) is 9. The third-order valence-corrected chi connectivity index (χ3v) is 4.63. The van der Waals surface area contributed by atoms with Gasteiger partial charge in [-0.25, -0.2) is 9.97 Å². The number of hydrogen-bond donors (Lipinski definition) is 3. The van der Waals surface area contributed by atoms with Crippen LogP contribution in [-0.2, 0) is 14.3 Å². The Morgan fingerprint density at radius 1 is 1.21 bits per heavy atom. The lowest BCUT2D eigenvalue weighted by Crippen LogP contribution is -2.38. The van der Waals surface area contributed by atoms with E-state index in [1.807, 2.05) is 23.1 Å². The highest BCUT2D eigenvalue weighted by Crippen LogP contribution is 2.29. The van der Waals surface area contributed by atoms with Crippen molar-refractivity contribution in [3.05, 3.63) is 36.7 Å². The van der Waals surface area contributed by atoms with E-state index in [-0.39, 0.29) is 30.2 Å². The summed E-state index contributed by atoms with van der Waals surface area (Å²) in [6.07, 6.45) is 2.69. The van der Waals surface area contributed by atoms with Crippen molar-refractivity contribution in [2.75, 3.05) is 42.9 Å². The molecule has 2 heterocycles. The molecule has 2 aromatic rings. The van der Waals surface area contributed by atoms with Crippen LogP contribution in [0.3, 0.4) is 0 Å². The lowest BCUT2D eigenvalue weighted by molar-refractivity contribution is -0.146. The van der Waals surface area contributed by atoms with Crippen LogP contribution in [0.5, 0.6) is 5.75 Å². The van der Waals surface area contributed by atoms with E-state index in [4.69, 9.17) is 15.2 Å². The van der Waals surface area contributed by atoms with Gasteiger partial charge in [-0.1, -0.05) is 18.2 Å². The molecule has 10 nitrogen and oxygen atoms in total. The number of anilines is 3. The molecule has 1 saturated heterocycles. The molecule has 4 N–H and O–H groups in total. The van der Waals surface area contributed by atoms with Crippen LogP contribution in [0.25, 0.3) is 0 Å². The fourth-order valence-electron chi connectivity index (χ4n) is 3.06. The largest absolute Gasteiger partial charge is 0.484 e. The first-order chi connectivity index (χ1) is 14.1. The number of carbonyl (C=O) groups is 2. The molecule has 0 unspecified atom stereocenters. The lowest BCUT2D eigenvalue weighted by atomic mass is 9.97. The maximum absolute atomic E-state index is 12.0. The van der Waals surface area contributed by atoms with Gasteiger partial charge in [0.2, 0.25) is 0 Å². The fourth-order valence-corrected chi connectivity index (χ4v) is 3.06. The number of methoxy groups -OCH3 is 1. The van der Waals surface area contributed by atoms with Gasteiger partial charge >= 0.3 is 5.97 Å². The van der Waals surface area contributed by atoms with E-state index in [0.29, 0.717) is 43.2 Å². The Morgan fingerprint density at radius 2 is 1.93 bits per heavy atom. The van der Waals surface area contributed by atoms with E-state index >= 15 is 0 Å². The number of amides is 1. The molecular weight excluding hydrogens is 376 g/mol. The van der Waals surface area contributed by atoms with Crippen molar-refractivity contribution in [3.63, 3.8) is 0 Å². The number of nitrogens with zero attached hydrogens (tertiary/aromatic N) is 3. The molecular formula is C19H24N6O4. The minimum Gasteiger partial charge on any atom is -0.484 e. The minimum absolute atomic E-state index is 0.110. The summed E-state index contributed by atoms with van der Waals surface area (Å²) in [5.41, 5.74) is 11.7. The molecule has 1 aliphatic heterocycles. The highest BCUT2D eigenvalue weighted by Gasteiger charge is 2.27. The van der Waals surface area contributed by atoms with Crippen molar-refractivity contribution in [2.24, 2.45) is 5.92 Å². The standard InChI is InChI=1S/C19H24N6O4/c1-28-19(27)13-7-9-25(10-8-13)18-16(20)17(21-12-22-18)24-23-15(26)11-29-14-5-3-2-4-6-14/h2-6,12-13H,7-11,20H2,1H3,(H,23,26)(H,21,22,24). The molecule has 1 aromatic carbocycles. The number of para-hydroxylation sites is 1. The van der Waals surface area contributed by atoms with Crippen LogP contribution in [0.2, 0.25) is 0 Å². The van der Waals surface area contributed by atoms with E-state index in [2.05, 4.69) is 20.8 Å². The normalized spacial score (nSPS) is 14.2. The molecule has 3 rings (SSSR count). The third-order valence-electron chi connectivity index (χ3n) is 4.63. The van der Waals surface area contributed by atoms with Crippen molar-refractivity contribution in [1.82, 2.24) is 15.4 Å². The minimum atomic E-state index is -0.382. The molecule has 1 aliphatic rings. The SMILES string of the molecule is COC(=O)C1CCN(c2ncnc(NNC(=O)COc3ccccc3)c2N)CC1. The summed E-state index contributed by atoms with van der Waals surface area (Å²) in [5, 5.41) is 0. The van der Waals surface area contributed by atoms with Gasteiger partial charge in [0.05, 0.1) is 13.0 Å². The third kappa shape index (κ3) is 5.24. The highest BCUT2D eigenvalue weighted by molar-refractivity contribution is 5.81. The number of nitrogens with one attached hydrogen (secondary N) is 2. The topological polar surface area (TPSA) is 132 Å². The molecule has 1 amide bonds. The van der Waals surface area contributed by atoms with Crippen LogP contribution in [0.15, 0.2) is 36.7 Å². The monoisotopic (exact) mass is 400 g/mol. The molecule has 154 valence electrons. The quantitative estimate of drug-likeness (QED) is 0.459. The van der Waals surface area contributed by atoms with Gasteiger partial charge < -0.3 is 20.1 Å². The highest BCUT2D eigenvalue weighted by atomic mass is 16.5. The second-order valence-electron chi connectivity index (χ2n) is 6.52. The van der Waals surface area contributed by atoms with Gasteiger partial charge in [0.25, 0.3) is 5.91 Å². The van der Waals surface area contributed by atoms with Gasteiger partial charge in [-0.2, -0.15) is 0 Å². The van der Waals surface area contributed by atoms with Gasteiger partial charge in [-0.3, -0.25) is 20.4 Å². The summed E-state index contributed by atoms with van der Waals surface area (Å²) < 4.78 is 10.2. The maximum atomic E-state index is 12.0. The van der Waals surface area contributed by atoms with Gasteiger partial charge in [0.15, 0.2) is 18.2 Å². The number of benzene rings is 1. The number of nitrogens with two attached hydrogens (primary N) is 1. The molecule has 0 spiro atoms. The summed E-state index contributed by atoms with van der Waals surface area (Å²) in [4.78, 5) is 34.0. The fraction of sp³-hybridized carbons (Fsp3) is 0.368. The predicted octanol–water partition coefficient (Wildman–Crippen LogP) is 0.970. The van der Waals surface area contributed by atoms with Crippen LogP contribution in [0.1, 0.15) is 12.8 Å². The summed E-state index contributed by atoms with van der Waals surface area (Å²) in [6, 6.07) is 9.03. The smallest absolute Gasteiger partial charge is 0.308 e. The summed E-state index contributed by atoms with van der Waals surface area (Å²) >= 11 is 0. The van der Waals surface area contributed by atoms with Gasteiger partial charge in [0.1, 0.15) is 17.8 Å². The zero-order valence-electron chi connectivity index (χ0n) is 16.1. The Morgan fingerprint density at radius 3 is 2.62 bits per heavy atom. The molecule has 10 heteroatoms. The van der Waals surface area contributed by atoms with Crippen LogP contribution in [0.4, 0.5) is 17.3 Å². The zero-order chi connectivity index (χ0) is 20.6. The van der Waals surface area contributed by atoms with Gasteiger partial charge in [-0.05, 0) is 25.0 Å². The Kier molecular flexibility index (Phi) is 6.67. The second-order valence-corrected chi connectivity index (χ2v) is 6.52. The molecule has 1 aromatic heterocycles. The number of aromatic nitrogens is 2. The Balaban J connectivity index is 1.53. The molecule has 0 atom stereocenters. The van der Waals surface area contributed by atoms with Crippen LogP contribution < -0.4 is 26.2 Å². The second kappa shape index (κ2) is 9.58. The molecule has 29 heavy (non-hydrogen) atoms. The first kappa shape index (κ1) is 20.2. The molecule has 0 bridgehead atoms. The van der Waals surface area contributed by atoms with E-state index < -0.39 is 0 Å². The van der Waals surface area contributed by atoms with Crippen LogP contribution >= 0.6 is 0 Å². The number of carbonyl (C=O) groups excluding carboxylic acids is 2. The Bertz CT molecular complexity index is 840. The van der Waals surface area contributed by atoms with Crippen LogP contribution in [-0.4, -0.2) is 48.7 Å². The number of rotatable bonds is 7. The molecule has 0 radical (unpaired) electrons. The van der Waals surface area contributed by atoms with Gasteiger partial charge in [-0.15, -0.1) is 0 Å². The molecule has 1 fully saturated rings. The van der Waals surface area contributed by atoms with Crippen molar-refractivity contribution >= 4 is 29.2 Å². The Labute approximate surface area is 168 Å². The number of piperidine rings is 1. The van der Waals surface area contributed by atoms with Gasteiger partial charge in [0, 0.05) is 13.1 Å². The zero-order valence-corrected chi connectivity index (χ0v) is 16.1. The van der Waals surface area contributed by atoms with E-state index in [1.165, 1.54) is 13.4 Å².